The largest absolute Gasteiger partial charge is 0.268 e. The lowest BCUT2D eigenvalue weighted by Gasteiger charge is -2.18. The van der Waals surface area contributed by atoms with Crippen molar-refractivity contribution in [1.82, 2.24) is 9.55 Å². The minimum atomic E-state index is 0.0416. The van der Waals surface area contributed by atoms with Gasteiger partial charge >= 0.3 is 0 Å². The number of benzene rings is 2. The van der Waals surface area contributed by atoms with Gasteiger partial charge in [0.15, 0.2) is 5.16 Å². The number of aryl methyl sites for hydroxylation is 1. The molecule has 1 unspecified atom stereocenters. The van der Waals surface area contributed by atoms with Crippen molar-refractivity contribution in [3.8, 4) is 5.69 Å². The molecule has 5 rings (SSSR count). The maximum atomic E-state index is 13.7. The molecule has 1 aliphatic rings. The molecular weight excluding hydrogens is 432 g/mol. The summed E-state index contributed by atoms with van der Waals surface area (Å²) in [6.45, 7) is 2.29. The zero-order chi connectivity index (χ0) is 20.7. The number of para-hydroxylation sites is 1. The highest BCUT2D eigenvalue weighted by molar-refractivity contribution is 7.98. The molecule has 0 spiro atoms. The van der Waals surface area contributed by atoms with Gasteiger partial charge in [0.1, 0.15) is 4.83 Å². The second-order valence-corrected chi connectivity index (χ2v) is 10.2. The van der Waals surface area contributed by atoms with E-state index in [0.29, 0.717) is 16.8 Å². The summed E-state index contributed by atoms with van der Waals surface area (Å²) in [5.74, 6) is 1.32. The molecule has 2 heterocycles. The van der Waals surface area contributed by atoms with Crippen LogP contribution in [0.5, 0.6) is 0 Å². The first-order valence-electron chi connectivity index (χ1n) is 10.1. The van der Waals surface area contributed by atoms with Crippen LogP contribution in [0.25, 0.3) is 15.9 Å². The van der Waals surface area contributed by atoms with Crippen LogP contribution in [0.15, 0.2) is 64.5 Å². The molecule has 30 heavy (non-hydrogen) atoms. The van der Waals surface area contributed by atoms with Gasteiger partial charge < -0.3 is 0 Å². The predicted octanol–water partition coefficient (Wildman–Crippen LogP) is 6.52. The van der Waals surface area contributed by atoms with Crippen LogP contribution in [0.4, 0.5) is 0 Å². The van der Waals surface area contributed by atoms with Gasteiger partial charge in [0, 0.05) is 15.7 Å². The number of fused-ring (bicyclic) bond motifs is 3. The van der Waals surface area contributed by atoms with Crippen molar-refractivity contribution in [2.24, 2.45) is 5.92 Å². The quantitative estimate of drug-likeness (QED) is 0.261. The molecule has 0 saturated carbocycles. The minimum absolute atomic E-state index is 0.0416. The normalized spacial score (nSPS) is 16.0. The average molecular weight is 453 g/mol. The van der Waals surface area contributed by atoms with Crippen molar-refractivity contribution < 1.29 is 0 Å². The van der Waals surface area contributed by atoms with E-state index in [4.69, 9.17) is 16.6 Å². The van der Waals surface area contributed by atoms with Gasteiger partial charge in [0.25, 0.3) is 5.56 Å². The van der Waals surface area contributed by atoms with E-state index >= 15 is 0 Å². The molecule has 3 nitrogen and oxygen atoms in total. The van der Waals surface area contributed by atoms with Gasteiger partial charge in [-0.25, -0.2) is 4.98 Å². The fourth-order valence-electron chi connectivity index (χ4n) is 4.03. The summed E-state index contributed by atoms with van der Waals surface area (Å²) in [5.41, 5.74) is 3.15. The maximum Gasteiger partial charge on any atom is 0.267 e. The second-order valence-electron chi connectivity index (χ2n) is 7.78. The fourth-order valence-corrected chi connectivity index (χ4v) is 6.75. The third-order valence-electron chi connectivity index (χ3n) is 5.63. The molecule has 6 heteroatoms. The highest BCUT2D eigenvalue weighted by Gasteiger charge is 2.25. The van der Waals surface area contributed by atoms with E-state index < -0.39 is 0 Å². The Hall–Kier alpha value is -2.08. The molecule has 0 aliphatic heterocycles. The van der Waals surface area contributed by atoms with Gasteiger partial charge in [-0.15, -0.1) is 11.3 Å². The summed E-state index contributed by atoms with van der Waals surface area (Å²) in [6.07, 6.45) is 3.14. The van der Waals surface area contributed by atoms with Crippen molar-refractivity contribution in [2.45, 2.75) is 37.1 Å². The number of hydrogen-bond donors (Lipinski definition) is 0. The Labute approximate surface area is 188 Å². The van der Waals surface area contributed by atoms with E-state index in [2.05, 4.69) is 6.92 Å². The van der Waals surface area contributed by atoms with Gasteiger partial charge in [-0.3, -0.25) is 9.36 Å². The Morgan fingerprint density at radius 2 is 1.93 bits per heavy atom. The van der Waals surface area contributed by atoms with Crippen LogP contribution in [-0.4, -0.2) is 9.55 Å². The zero-order valence-electron chi connectivity index (χ0n) is 16.6. The summed E-state index contributed by atoms with van der Waals surface area (Å²) in [6, 6.07) is 17.6. The van der Waals surface area contributed by atoms with Gasteiger partial charge in [0.05, 0.1) is 11.1 Å². The minimum Gasteiger partial charge on any atom is -0.268 e. The first kappa shape index (κ1) is 19.9. The standard InChI is InChI=1S/C24H21ClN2OS2/c1-15-11-12-18-20(13-15)30-22-21(18)23(28)27(17-8-3-2-4-9-17)24(26-22)29-14-16-7-5-6-10-19(16)25/h2-10,15H,11-14H2,1H3. The number of aromatic nitrogens is 2. The van der Waals surface area contributed by atoms with Crippen molar-refractivity contribution in [3.05, 3.63) is 86.0 Å². The highest BCUT2D eigenvalue weighted by atomic mass is 35.5. The molecule has 2 aromatic carbocycles. The summed E-state index contributed by atoms with van der Waals surface area (Å²) < 4.78 is 1.77. The lowest BCUT2D eigenvalue weighted by atomic mass is 9.89. The summed E-state index contributed by atoms with van der Waals surface area (Å²) >= 11 is 9.61. The molecule has 0 fully saturated rings. The summed E-state index contributed by atoms with van der Waals surface area (Å²) in [7, 11) is 0. The third kappa shape index (κ3) is 3.59. The van der Waals surface area contributed by atoms with Gasteiger partial charge in [-0.1, -0.05) is 66.7 Å². The lowest BCUT2D eigenvalue weighted by Crippen LogP contribution is -2.22. The number of hydrogen-bond acceptors (Lipinski definition) is 4. The number of thioether (sulfide) groups is 1. The average Bonchev–Trinajstić information content (AvgIpc) is 3.11. The molecule has 0 N–H and O–H groups in total. The summed E-state index contributed by atoms with van der Waals surface area (Å²) in [4.78, 5) is 20.9. The van der Waals surface area contributed by atoms with Crippen molar-refractivity contribution in [1.29, 1.82) is 0 Å². The molecule has 2 aromatic heterocycles. The smallest absolute Gasteiger partial charge is 0.267 e. The molecule has 0 amide bonds. The third-order valence-corrected chi connectivity index (χ3v) is 8.13. The van der Waals surface area contributed by atoms with Crippen LogP contribution in [0.3, 0.4) is 0 Å². The van der Waals surface area contributed by atoms with Crippen molar-refractivity contribution in [3.63, 3.8) is 0 Å². The Kier molecular flexibility index (Phi) is 5.44. The first-order chi connectivity index (χ1) is 14.6. The summed E-state index contributed by atoms with van der Waals surface area (Å²) in [5, 5.41) is 2.26. The van der Waals surface area contributed by atoms with E-state index in [-0.39, 0.29) is 5.56 Å². The van der Waals surface area contributed by atoms with Crippen LogP contribution in [-0.2, 0) is 18.6 Å². The number of halogens is 1. The molecule has 1 aliphatic carbocycles. The Morgan fingerprint density at radius 1 is 1.17 bits per heavy atom. The fraction of sp³-hybridized carbons (Fsp3) is 0.250. The monoisotopic (exact) mass is 452 g/mol. The topological polar surface area (TPSA) is 34.9 Å². The van der Waals surface area contributed by atoms with Crippen LogP contribution in [0.2, 0.25) is 5.02 Å². The zero-order valence-corrected chi connectivity index (χ0v) is 19.0. The predicted molar refractivity (Wildman–Crippen MR) is 127 cm³/mol. The lowest BCUT2D eigenvalue weighted by molar-refractivity contribution is 0.509. The Bertz CT molecular complexity index is 1280. The molecule has 0 saturated heterocycles. The molecule has 152 valence electrons. The number of rotatable bonds is 4. The molecule has 1 atom stereocenters. The Balaban J connectivity index is 1.67. The molecule has 0 bridgehead atoms. The SMILES string of the molecule is CC1CCc2c(sc3nc(SCc4ccccc4Cl)n(-c4ccccc4)c(=O)c23)C1. The maximum absolute atomic E-state index is 13.7. The van der Waals surface area contributed by atoms with Gasteiger partial charge in [-0.2, -0.15) is 0 Å². The van der Waals surface area contributed by atoms with Crippen LogP contribution in [0, 0.1) is 5.92 Å². The highest BCUT2D eigenvalue weighted by Crippen LogP contribution is 2.37. The van der Waals surface area contributed by atoms with Gasteiger partial charge in [0.2, 0.25) is 0 Å². The van der Waals surface area contributed by atoms with E-state index in [1.165, 1.54) is 10.4 Å². The first-order valence-corrected chi connectivity index (χ1v) is 12.3. The van der Waals surface area contributed by atoms with Crippen LogP contribution in [0.1, 0.15) is 29.3 Å². The van der Waals surface area contributed by atoms with E-state index in [0.717, 1.165) is 45.8 Å². The van der Waals surface area contributed by atoms with Gasteiger partial charge in [-0.05, 0) is 54.5 Å². The van der Waals surface area contributed by atoms with E-state index in [9.17, 15) is 4.79 Å². The number of thiophene rings is 1. The Morgan fingerprint density at radius 3 is 2.73 bits per heavy atom. The molecule has 0 radical (unpaired) electrons. The van der Waals surface area contributed by atoms with Crippen LogP contribution < -0.4 is 5.56 Å². The molecule has 4 aromatic rings. The van der Waals surface area contributed by atoms with E-state index in [1.807, 2.05) is 54.6 Å². The van der Waals surface area contributed by atoms with Crippen LogP contribution >= 0.6 is 34.7 Å². The number of nitrogens with zero attached hydrogens (tertiary/aromatic N) is 2. The van der Waals surface area contributed by atoms with Crippen molar-refractivity contribution in [2.75, 3.05) is 0 Å². The second kappa shape index (κ2) is 8.22. The van der Waals surface area contributed by atoms with E-state index in [1.54, 1.807) is 27.7 Å². The molecular formula is C24H21ClN2OS2. The van der Waals surface area contributed by atoms with Crippen molar-refractivity contribution >= 4 is 44.9 Å².